The normalized spacial score (nSPS) is 11.7. The van der Waals surface area contributed by atoms with Gasteiger partial charge in [0.2, 0.25) is 0 Å². The Bertz CT molecular complexity index is 745. The van der Waals surface area contributed by atoms with E-state index >= 15 is 0 Å². The van der Waals surface area contributed by atoms with Crippen molar-refractivity contribution in [2.45, 2.75) is 26.6 Å². The van der Waals surface area contributed by atoms with E-state index in [-0.39, 0.29) is 0 Å². The van der Waals surface area contributed by atoms with Gasteiger partial charge in [-0.25, -0.2) is 0 Å². The number of furan rings is 1. The fourth-order valence-electron chi connectivity index (χ4n) is 2.52. The van der Waals surface area contributed by atoms with Crippen molar-refractivity contribution in [1.29, 1.82) is 0 Å². The molecule has 1 nitrogen and oxygen atoms in total. The number of benzene rings is 2. The molecule has 0 bridgehead atoms. The van der Waals surface area contributed by atoms with Crippen LogP contribution in [-0.4, -0.2) is 8.07 Å². The molecule has 3 aromatic rings. The van der Waals surface area contributed by atoms with Gasteiger partial charge in [-0.3, -0.25) is 0 Å². The van der Waals surface area contributed by atoms with E-state index in [1.165, 1.54) is 11.1 Å². The van der Waals surface area contributed by atoms with Gasteiger partial charge < -0.3 is 4.42 Å². The lowest BCUT2D eigenvalue weighted by Crippen LogP contribution is -2.36. The fraction of sp³-hybridized carbons (Fsp3) is 0.200. The van der Waals surface area contributed by atoms with Crippen molar-refractivity contribution in [3.05, 3.63) is 65.2 Å². The van der Waals surface area contributed by atoms with E-state index in [1.807, 2.05) is 24.3 Å². The SMILES string of the molecule is Cc1ccc(-c2cc([Si](C)(C)C)oc2-c2ccc(Cl)cc2)cc1. The highest BCUT2D eigenvalue weighted by Crippen LogP contribution is 2.34. The van der Waals surface area contributed by atoms with Gasteiger partial charge in [0, 0.05) is 16.1 Å². The number of halogens is 1. The average Bonchev–Trinajstić information content (AvgIpc) is 2.94. The number of aryl methyl sites for hydroxylation is 1. The maximum Gasteiger partial charge on any atom is 0.141 e. The standard InChI is InChI=1S/C20H21ClOSi/c1-14-5-7-15(8-6-14)18-13-19(23(2,3)4)22-20(18)16-9-11-17(21)12-10-16/h5-13H,1-4H3. The van der Waals surface area contributed by atoms with Crippen LogP contribution in [0.15, 0.2) is 59.0 Å². The summed E-state index contributed by atoms with van der Waals surface area (Å²) >= 11 is 6.03. The minimum Gasteiger partial charge on any atom is -0.466 e. The highest BCUT2D eigenvalue weighted by atomic mass is 35.5. The molecule has 118 valence electrons. The summed E-state index contributed by atoms with van der Waals surface area (Å²) in [5.74, 6) is 0.933. The molecular formula is C20H21ClOSi. The zero-order chi connectivity index (χ0) is 16.6. The van der Waals surface area contributed by atoms with Crippen LogP contribution in [-0.2, 0) is 0 Å². The summed E-state index contributed by atoms with van der Waals surface area (Å²) in [4.78, 5) is 0. The first-order valence-electron chi connectivity index (χ1n) is 7.82. The van der Waals surface area contributed by atoms with E-state index in [4.69, 9.17) is 16.0 Å². The first-order valence-corrected chi connectivity index (χ1v) is 11.7. The molecule has 3 rings (SSSR count). The van der Waals surface area contributed by atoms with Gasteiger partial charge in [-0.2, -0.15) is 0 Å². The third-order valence-electron chi connectivity index (χ3n) is 3.94. The molecule has 0 amide bonds. The van der Waals surface area contributed by atoms with Crippen LogP contribution in [0.25, 0.3) is 22.5 Å². The number of hydrogen-bond acceptors (Lipinski definition) is 1. The van der Waals surface area contributed by atoms with Crippen LogP contribution in [0.5, 0.6) is 0 Å². The molecule has 0 spiro atoms. The van der Waals surface area contributed by atoms with Crippen molar-refractivity contribution in [2.75, 3.05) is 0 Å². The van der Waals surface area contributed by atoms with Gasteiger partial charge >= 0.3 is 0 Å². The molecule has 0 unspecified atom stereocenters. The fourth-order valence-corrected chi connectivity index (χ4v) is 3.64. The van der Waals surface area contributed by atoms with Gasteiger partial charge in [-0.15, -0.1) is 0 Å². The number of rotatable bonds is 3. The topological polar surface area (TPSA) is 13.1 Å². The molecule has 0 aliphatic rings. The molecule has 2 aromatic carbocycles. The number of hydrogen-bond donors (Lipinski definition) is 0. The van der Waals surface area contributed by atoms with Crippen LogP contribution in [0.2, 0.25) is 24.7 Å². The van der Waals surface area contributed by atoms with E-state index in [9.17, 15) is 0 Å². The molecule has 1 aromatic heterocycles. The maximum atomic E-state index is 6.31. The van der Waals surface area contributed by atoms with Crippen LogP contribution in [0, 0.1) is 6.92 Å². The quantitative estimate of drug-likeness (QED) is 0.523. The van der Waals surface area contributed by atoms with Crippen LogP contribution in [0.3, 0.4) is 0 Å². The van der Waals surface area contributed by atoms with E-state index in [0.29, 0.717) is 0 Å². The summed E-state index contributed by atoms with van der Waals surface area (Å²) in [7, 11) is -1.52. The van der Waals surface area contributed by atoms with E-state index < -0.39 is 8.07 Å². The summed E-state index contributed by atoms with van der Waals surface area (Å²) in [6, 6.07) is 18.7. The Labute approximate surface area is 143 Å². The largest absolute Gasteiger partial charge is 0.466 e. The van der Waals surface area contributed by atoms with Crippen molar-refractivity contribution < 1.29 is 4.42 Å². The van der Waals surface area contributed by atoms with Gasteiger partial charge in [-0.1, -0.05) is 61.1 Å². The second kappa shape index (κ2) is 6.03. The summed E-state index contributed by atoms with van der Waals surface area (Å²) in [5.41, 5.74) is 4.67. The second-order valence-corrected chi connectivity index (χ2v) is 12.4. The Hall–Kier alpha value is -1.77. The first-order chi connectivity index (χ1) is 10.8. The van der Waals surface area contributed by atoms with Gasteiger partial charge in [0.15, 0.2) is 0 Å². The molecule has 1 heterocycles. The Morgan fingerprint density at radius 2 is 1.39 bits per heavy atom. The van der Waals surface area contributed by atoms with Gasteiger partial charge in [0.25, 0.3) is 0 Å². The van der Waals surface area contributed by atoms with Crippen LogP contribution >= 0.6 is 11.6 Å². The third-order valence-corrected chi connectivity index (χ3v) is 5.92. The van der Waals surface area contributed by atoms with Crippen molar-refractivity contribution >= 4 is 25.1 Å². The van der Waals surface area contributed by atoms with Crippen LogP contribution in [0.4, 0.5) is 0 Å². The third kappa shape index (κ3) is 3.44. The minimum absolute atomic E-state index is 0.739. The van der Waals surface area contributed by atoms with Crippen molar-refractivity contribution in [2.24, 2.45) is 0 Å². The first kappa shape index (κ1) is 16.1. The Kier molecular flexibility index (Phi) is 4.22. The summed E-state index contributed by atoms with van der Waals surface area (Å²) < 4.78 is 6.31. The van der Waals surface area contributed by atoms with Gasteiger partial charge in [0.1, 0.15) is 13.8 Å². The molecule has 3 heteroatoms. The molecule has 0 fully saturated rings. The zero-order valence-electron chi connectivity index (χ0n) is 14.0. The molecule has 0 radical (unpaired) electrons. The zero-order valence-corrected chi connectivity index (χ0v) is 15.7. The molecule has 0 aliphatic heterocycles. The van der Waals surface area contributed by atoms with Gasteiger partial charge in [-0.05, 0) is 42.8 Å². The summed E-state index contributed by atoms with van der Waals surface area (Å²) in [5, 5.41) is 1.86. The average molecular weight is 341 g/mol. The monoisotopic (exact) mass is 340 g/mol. The van der Waals surface area contributed by atoms with E-state index in [1.54, 1.807) is 0 Å². The molecule has 0 atom stereocenters. The highest BCUT2D eigenvalue weighted by Gasteiger charge is 2.24. The smallest absolute Gasteiger partial charge is 0.141 e. The molecule has 0 N–H and O–H groups in total. The molecular weight excluding hydrogens is 320 g/mol. The summed E-state index contributed by atoms with van der Waals surface area (Å²) in [6.45, 7) is 9.01. The maximum absolute atomic E-state index is 6.31. The Morgan fingerprint density at radius 3 is 1.96 bits per heavy atom. The van der Waals surface area contributed by atoms with Gasteiger partial charge in [0.05, 0.1) is 5.38 Å². The molecule has 0 saturated heterocycles. The molecule has 23 heavy (non-hydrogen) atoms. The van der Waals surface area contributed by atoms with Crippen LogP contribution < -0.4 is 5.38 Å². The molecule has 0 saturated carbocycles. The minimum atomic E-state index is -1.52. The van der Waals surface area contributed by atoms with Crippen molar-refractivity contribution in [3.8, 4) is 22.5 Å². The lowest BCUT2D eigenvalue weighted by molar-refractivity contribution is 0.613. The highest BCUT2D eigenvalue weighted by molar-refractivity contribution is 6.87. The van der Waals surface area contributed by atoms with Crippen molar-refractivity contribution in [1.82, 2.24) is 0 Å². The Balaban J connectivity index is 2.18. The predicted octanol–water partition coefficient (Wildman–Crippen LogP) is 6.12. The predicted molar refractivity (Wildman–Crippen MR) is 102 cm³/mol. The summed E-state index contributed by atoms with van der Waals surface area (Å²) in [6.07, 6.45) is 0. The van der Waals surface area contributed by atoms with E-state index in [0.717, 1.165) is 27.3 Å². The lowest BCUT2D eigenvalue weighted by Gasteiger charge is -2.11. The van der Waals surface area contributed by atoms with E-state index in [2.05, 4.69) is 56.9 Å². The lowest BCUT2D eigenvalue weighted by atomic mass is 10.0. The Morgan fingerprint density at radius 1 is 0.826 bits per heavy atom. The molecule has 0 aliphatic carbocycles. The second-order valence-electron chi connectivity index (χ2n) is 6.98. The van der Waals surface area contributed by atoms with Crippen molar-refractivity contribution in [3.63, 3.8) is 0 Å². The van der Waals surface area contributed by atoms with Crippen LogP contribution in [0.1, 0.15) is 5.56 Å².